The van der Waals surface area contributed by atoms with E-state index >= 15 is 0 Å². The van der Waals surface area contributed by atoms with E-state index in [1.807, 2.05) is 0 Å². The van der Waals surface area contributed by atoms with Crippen molar-refractivity contribution < 1.29 is 9.53 Å². The van der Waals surface area contributed by atoms with Crippen LogP contribution in [0.4, 0.5) is 5.69 Å². The molecular weight excluding hydrogens is 190 g/mol. The van der Waals surface area contributed by atoms with E-state index in [9.17, 15) is 4.79 Å². The monoisotopic (exact) mass is 199 g/mol. The van der Waals surface area contributed by atoms with Crippen LogP contribution in [0.2, 0.25) is 5.02 Å². The molecule has 0 unspecified atom stereocenters. The number of carbonyl (C=O) groups is 1. The summed E-state index contributed by atoms with van der Waals surface area (Å²) in [4.78, 5) is 10.9. The molecule has 0 fully saturated rings. The van der Waals surface area contributed by atoms with Gasteiger partial charge in [0.25, 0.3) is 0 Å². The van der Waals surface area contributed by atoms with Gasteiger partial charge in [-0.05, 0) is 12.1 Å². The minimum Gasteiger partial charge on any atom is -0.426 e. The summed E-state index contributed by atoms with van der Waals surface area (Å²) in [5.74, 6) is 0.131. The molecule has 4 heteroatoms. The maximum atomic E-state index is 10.9. The predicted molar refractivity (Wildman–Crippen MR) is 51.8 cm³/mol. The summed E-state index contributed by atoms with van der Waals surface area (Å²) in [5, 5.41) is 0.390. The molecule has 3 nitrogen and oxygen atoms in total. The number of benzene rings is 1. The molecule has 1 aromatic carbocycles. The van der Waals surface area contributed by atoms with Crippen molar-refractivity contribution in [1.29, 1.82) is 0 Å². The highest BCUT2D eigenvalue weighted by molar-refractivity contribution is 6.33. The highest BCUT2D eigenvalue weighted by Crippen LogP contribution is 2.24. The lowest BCUT2D eigenvalue weighted by Gasteiger charge is -2.03. The van der Waals surface area contributed by atoms with Crippen LogP contribution in [0.1, 0.15) is 13.3 Å². The van der Waals surface area contributed by atoms with Gasteiger partial charge in [0.15, 0.2) is 0 Å². The van der Waals surface area contributed by atoms with Gasteiger partial charge in [0.1, 0.15) is 5.75 Å². The van der Waals surface area contributed by atoms with Crippen molar-refractivity contribution in [3.8, 4) is 5.75 Å². The van der Waals surface area contributed by atoms with Crippen LogP contribution in [-0.4, -0.2) is 5.97 Å². The first-order valence-electron chi connectivity index (χ1n) is 3.89. The van der Waals surface area contributed by atoms with Crippen LogP contribution in [0.5, 0.6) is 5.75 Å². The number of nitrogens with two attached hydrogens (primary N) is 1. The molecule has 0 atom stereocenters. The third-order valence-corrected chi connectivity index (χ3v) is 1.82. The zero-order chi connectivity index (χ0) is 9.84. The zero-order valence-electron chi connectivity index (χ0n) is 7.21. The van der Waals surface area contributed by atoms with Crippen molar-refractivity contribution in [3.05, 3.63) is 23.2 Å². The van der Waals surface area contributed by atoms with Crippen molar-refractivity contribution >= 4 is 23.3 Å². The minimum atomic E-state index is -0.291. The van der Waals surface area contributed by atoms with E-state index < -0.39 is 0 Å². The van der Waals surface area contributed by atoms with Crippen LogP contribution in [0.25, 0.3) is 0 Å². The fourth-order valence-corrected chi connectivity index (χ4v) is 0.945. The van der Waals surface area contributed by atoms with Gasteiger partial charge < -0.3 is 10.5 Å². The molecule has 0 radical (unpaired) electrons. The smallest absolute Gasteiger partial charge is 0.310 e. The number of anilines is 1. The van der Waals surface area contributed by atoms with E-state index in [2.05, 4.69) is 0 Å². The lowest BCUT2D eigenvalue weighted by atomic mass is 10.3. The number of hydrogen-bond donors (Lipinski definition) is 1. The molecule has 1 aromatic rings. The Kier molecular flexibility index (Phi) is 3.14. The Hall–Kier alpha value is -1.22. The van der Waals surface area contributed by atoms with Gasteiger partial charge in [0.05, 0.1) is 10.7 Å². The first kappa shape index (κ1) is 9.86. The summed E-state index contributed by atoms with van der Waals surface area (Å²) in [6.45, 7) is 1.72. The summed E-state index contributed by atoms with van der Waals surface area (Å²) in [5.41, 5.74) is 5.95. The van der Waals surface area contributed by atoms with E-state index in [1.165, 1.54) is 6.07 Å². The van der Waals surface area contributed by atoms with E-state index in [0.29, 0.717) is 22.9 Å². The molecule has 0 aromatic heterocycles. The number of esters is 1. The molecule has 1 rings (SSSR count). The largest absolute Gasteiger partial charge is 0.426 e. The second-order valence-electron chi connectivity index (χ2n) is 2.51. The molecule has 0 spiro atoms. The van der Waals surface area contributed by atoms with Crippen LogP contribution in [-0.2, 0) is 4.79 Å². The Balaban J connectivity index is 2.79. The molecular formula is C9H10ClNO2. The van der Waals surface area contributed by atoms with Gasteiger partial charge in [-0.2, -0.15) is 0 Å². The van der Waals surface area contributed by atoms with Gasteiger partial charge >= 0.3 is 5.97 Å². The lowest BCUT2D eigenvalue weighted by molar-refractivity contribution is -0.134. The van der Waals surface area contributed by atoms with Crippen LogP contribution in [0.3, 0.4) is 0 Å². The average Bonchev–Trinajstić information content (AvgIpc) is 2.11. The van der Waals surface area contributed by atoms with Gasteiger partial charge in [0, 0.05) is 12.5 Å². The molecule has 0 heterocycles. The normalized spacial score (nSPS) is 9.69. The maximum absolute atomic E-state index is 10.9. The summed E-state index contributed by atoms with van der Waals surface area (Å²) in [6.07, 6.45) is 0.335. The third-order valence-electron chi connectivity index (χ3n) is 1.49. The first-order valence-corrected chi connectivity index (χ1v) is 4.27. The van der Waals surface area contributed by atoms with Crippen molar-refractivity contribution in [2.24, 2.45) is 0 Å². The number of hydrogen-bond acceptors (Lipinski definition) is 3. The summed E-state index contributed by atoms with van der Waals surface area (Å²) >= 11 is 5.72. The Morgan fingerprint density at radius 1 is 1.62 bits per heavy atom. The molecule has 70 valence electrons. The number of rotatable bonds is 2. The van der Waals surface area contributed by atoms with Gasteiger partial charge in [-0.3, -0.25) is 4.79 Å². The molecule has 2 N–H and O–H groups in total. The highest BCUT2D eigenvalue weighted by Gasteiger charge is 2.03. The van der Waals surface area contributed by atoms with Crippen LogP contribution >= 0.6 is 11.6 Å². The van der Waals surface area contributed by atoms with Crippen molar-refractivity contribution in [2.75, 3.05) is 5.73 Å². The first-order chi connectivity index (χ1) is 6.13. The van der Waals surface area contributed by atoms with E-state index in [4.69, 9.17) is 22.1 Å². The second kappa shape index (κ2) is 4.14. The van der Waals surface area contributed by atoms with Crippen molar-refractivity contribution in [1.82, 2.24) is 0 Å². The average molecular weight is 200 g/mol. The van der Waals surface area contributed by atoms with Gasteiger partial charge in [-0.15, -0.1) is 0 Å². The van der Waals surface area contributed by atoms with Crippen LogP contribution in [0.15, 0.2) is 18.2 Å². The fraction of sp³-hybridized carbons (Fsp3) is 0.222. The van der Waals surface area contributed by atoms with Gasteiger partial charge in [-0.25, -0.2) is 0 Å². The molecule has 0 aliphatic rings. The standard InChI is InChI=1S/C9H10ClNO2/c1-2-9(12)13-6-3-4-8(11)7(10)5-6/h3-5H,2,11H2,1H3. The summed E-state index contributed by atoms with van der Waals surface area (Å²) in [6, 6.07) is 4.72. The number of nitrogen functional groups attached to an aromatic ring is 1. The van der Waals surface area contributed by atoms with E-state index in [-0.39, 0.29) is 5.97 Å². The Morgan fingerprint density at radius 3 is 2.85 bits per heavy atom. The highest BCUT2D eigenvalue weighted by atomic mass is 35.5. The maximum Gasteiger partial charge on any atom is 0.310 e. The quantitative estimate of drug-likeness (QED) is 0.452. The SMILES string of the molecule is CCC(=O)Oc1ccc(N)c(Cl)c1. The number of ether oxygens (including phenoxy) is 1. The second-order valence-corrected chi connectivity index (χ2v) is 2.92. The number of halogens is 1. The topological polar surface area (TPSA) is 52.3 Å². The lowest BCUT2D eigenvalue weighted by Crippen LogP contribution is -2.05. The van der Waals surface area contributed by atoms with E-state index in [0.717, 1.165) is 0 Å². The predicted octanol–water partition coefficient (Wildman–Crippen LogP) is 2.24. The van der Waals surface area contributed by atoms with Crippen LogP contribution in [0, 0.1) is 0 Å². The molecule has 0 saturated heterocycles. The minimum absolute atomic E-state index is 0.291. The Labute approximate surface area is 81.4 Å². The third kappa shape index (κ3) is 2.63. The Morgan fingerprint density at radius 2 is 2.31 bits per heavy atom. The summed E-state index contributed by atoms with van der Waals surface area (Å²) in [7, 11) is 0. The number of carbonyl (C=O) groups excluding carboxylic acids is 1. The zero-order valence-corrected chi connectivity index (χ0v) is 7.97. The molecule has 0 saturated carbocycles. The molecule has 0 amide bonds. The van der Waals surface area contributed by atoms with Gasteiger partial charge in [-0.1, -0.05) is 18.5 Å². The molecule has 0 aliphatic carbocycles. The fourth-order valence-electron chi connectivity index (χ4n) is 0.775. The van der Waals surface area contributed by atoms with Gasteiger partial charge in [0.2, 0.25) is 0 Å². The molecule has 0 bridgehead atoms. The molecule has 0 aliphatic heterocycles. The van der Waals surface area contributed by atoms with Crippen molar-refractivity contribution in [2.45, 2.75) is 13.3 Å². The Bertz CT molecular complexity index is 325. The van der Waals surface area contributed by atoms with Crippen LogP contribution < -0.4 is 10.5 Å². The van der Waals surface area contributed by atoms with Crippen molar-refractivity contribution in [3.63, 3.8) is 0 Å². The van der Waals surface area contributed by atoms with E-state index in [1.54, 1.807) is 19.1 Å². The summed E-state index contributed by atoms with van der Waals surface area (Å²) < 4.78 is 4.92. The molecule has 13 heavy (non-hydrogen) atoms.